The van der Waals surface area contributed by atoms with Gasteiger partial charge in [0.2, 0.25) is 0 Å². The van der Waals surface area contributed by atoms with Crippen LogP contribution in [0.4, 0.5) is 0 Å². The molecule has 0 N–H and O–H groups in total. The number of hydrogen-bond donors (Lipinski definition) is 0. The predicted octanol–water partition coefficient (Wildman–Crippen LogP) is 2.21. The van der Waals surface area contributed by atoms with Gasteiger partial charge in [-0.05, 0) is 25.8 Å². The van der Waals surface area contributed by atoms with Gasteiger partial charge in [-0.25, -0.2) is 4.79 Å². The first-order valence-corrected chi connectivity index (χ1v) is 6.67. The van der Waals surface area contributed by atoms with Crippen LogP contribution < -0.4 is 0 Å². The van der Waals surface area contributed by atoms with Crippen LogP contribution in [0.2, 0.25) is 0 Å². The first kappa shape index (κ1) is 14.8. The summed E-state index contributed by atoms with van der Waals surface area (Å²) in [5, 5.41) is 0. The van der Waals surface area contributed by atoms with E-state index >= 15 is 0 Å². The molecule has 1 fully saturated rings. The Morgan fingerprint density at radius 1 is 1.45 bits per heavy atom. The molecule has 0 bridgehead atoms. The fraction of sp³-hybridized carbons (Fsp3) is 0.562. The average molecular weight is 276 g/mol. The number of rotatable bonds is 3. The Morgan fingerprint density at radius 2 is 2.10 bits per heavy atom. The van der Waals surface area contributed by atoms with Gasteiger partial charge in [0.15, 0.2) is 5.79 Å². The van der Waals surface area contributed by atoms with Crippen molar-refractivity contribution >= 4 is 5.97 Å². The largest absolute Gasteiger partial charge is 0.466 e. The number of carbonyl (C=O) groups excluding carboxylic acids is 1. The Bertz CT molecular complexity index is 503. The summed E-state index contributed by atoms with van der Waals surface area (Å²) in [5.74, 6) is 1.70. The highest BCUT2D eigenvalue weighted by Gasteiger charge is 2.36. The molecule has 1 aliphatic carbocycles. The number of terminal acetylenes is 1. The first-order valence-electron chi connectivity index (χ1n) is 6.67. The van der Waals surface area contributed by atoms with Crippen LogP contribution in [-0.2, 0) is 19.0 Å². The minimum atomic E-state index is -0.678. The zero-order chi connectivity index (χ0) is 14.8. The maximum absolute atomic E-state index is 12.0. The molecular weight excluding hydrogens is 256 g/mol. The van der Waals surface area contributed by atoms with E-state index in [1.54, 1.807) is 0 Å². The highest BCUT2D eigenvalue weighted by Crippen LogP contribution is 2.38. The highest BCUT2D eigenvalue weighted by molar-refractivity contribution is 5.90. The normalized spacial score (nSPS) is 28.3. The van der Waals surface area contributed by atoms with Gasteiger partial charge >= 0.3 is 5.97 Å². The molecule has 0 spiro atoms. The molecule has 0 aromatic rings. The van der Waals surface area contributed by atoms with Crippen molar-refractivity contribution in [3.05, 3.63) is 23.3 Å². The van der Waals surface area contributed by atoms with Crippen molar-refractivity contribution < 1.29 is 19.0 Å². The molecule has 20 heavy (non-hydrogen) atoms. The maximum atomic E-state index is 12.0. The lowest BCUT2D eigenvalue weighted by atomic mass is 9.77. The minimum absolute atomic E-state index is 0.340. The molecule has 0 radical (unpaired) electrons. The number of allylic oxidation sites excluding steroid dienone is 2. The molecule has 1 saturated heterocycles. The molecule has 1 unspecified atom stereocenters. The Hall–Kier alpha value is -1.57. The van der Waals surface area contributed by atoms with E-state index in [9.17, 15) is 4.79 Å². The first-order chi connectivity index (χ1) is 9.41. The summed E-state index contributed by atoms with van der Waals surface area (Å²) in [6.07, 6.45) is 10.4. The van der Waals surface area contributed by atoms with Crippen molar-refractivity contribution in [2.75, 3.05) is 20.3 Å². The average Bonchev–Trinajstić information content (AvgIpc) is 2.87. The van der Waals surface area contributed by atoms with Crippen LogP contribution in [-0.4, -0.2) is 32.1 Å². The molecule has 4 nitrogen and oxygen atoms in total. The summed E-state index contributed by atoms with van der Waals surface area (Å²) in [6, 6.07) is 0. The van der Waals surface area contributed by atoms with E-state index in [-0.39, 0.29) is 5.97 Å². The SMILES string of the molecule is C#CC1(C)C=CC(CC2(C)OCCO2)=C(C(=O)OC)C1. The quantitative estimate of drug-likeness (QED) is 0.585. The Labute approximate surface area is 119 Å². The van der Waals surface area contributed by atoms with Crippen molar-refractivity contribution in [3.8, 4) is 12.3 Å². The molecule has 108 valence electrons. The number of esters is 1. The zero-order valence-electron chi connectivity index (χ0n) is 12.2. The van der Waals surface area contributed by atoms with Crippen molar-refractivity contribution in [1.82, 2.24) is 0 Å². The second-order valence-corrected chi connectivity index (χ2v) is 5.57. The molecule has 0 aromatic carbocycles. The van der Waals surface area contributed by atoms with Crippen LogP contribution in [0.1, 0.15) is 26.7 Å². The fourth-order valence-corrected chi connectivity index (χ4v) is 2.52. The Morgan fingerprint density at radius 3 is 2.65 bits per heavy atom. The van der Waals surface area contributed by atoms with Gasteiger partial charge < -0.3 is 14.2 Å². The molecule has 0 aromatic heterocycles. The van der Waals surface area contributed by atoms with Crippen LogP contribution in [0.3, 0.4) is 0 Å². The van der Waals surface area contributed by atoms with E-state index in [1.165, 1.54) is 7.11 Å². The van der Waals surface area contributed by atoms with E-state index in [0.29, 0.717) is 31.6 Å². The van der Waals surface area contributed by atoms with Crippen molar-refractivity contribution in [2.24, 2.45) is 5.41 Å². The van der Waals surface area contributed by atoms with E-state index in [1.807, 2.05) is 26.0 Å². The Balaban J connectivity index is 2.29. The smallest absolute Gasteiger partial charge is 0.334 e. The topological polar surface area (TPSA) is 44.8 Å². The summed E-state index contributed by atoms with van der Waals surface area (Å²) in [4.78, 5) is 12.0. The van der Waals surface area contributed by atoms with E-state index in [2.05, 4.69) is 5.92 Å². The van der Waals surface area contributed by atoms with Crippen LogP contribution in [0.25, 0.3) is 0 Å². The fourth-order valence-electron chi connectivity index (χ4n) is 2.52. The molecule has 2 aliphatic rings. The molecular formula is C16H20O4. The van der Waals surface area contributed by atoms with Crippen LogP contribution in [0, 0.1) is 17.8 Å². The standard InChI is InChI=1S/C16H20O4/c1-5-15(2)7-6-12(13(11-15)14(17)18-4)10-16(3)19-8-9-20-16/h1,6-7H,8-11H2,2-4H3. The molecule has 2 rings (SSSR count). The van der Waals surface area contributed by atoms with Gasteiger partial charge in [0.05, 0.1) is 25.7 Å². The van der Waals surface area contributed by atoms with Crippen LogP contribution in [0.15, 0.2) is 23.3 Å². The van der Waals surface area contributed by atoms with Crippen LogP contribution in [0.5, 0.6) is 0 Å². The number of methoxy groups -OCH3 is 1. The van der Waals surface area contributed by atoms with Crippen molar-refractivity contribution in [1.29, 1.82) is 0 Å². The second-order valence-electron chi connectivity index (χ2n) is 5.57. The van der Waals surface area contributed by atoms with Gasteiger partial charge in [0.25, 0.3) is 0 Å². The lowest BCUT2D eigenvalue weighted by Crippen LogP contribution is -2.29. The minimum Gasteiger partial charge on any atom is -0.466 e. The van der Waals surface area contributed by atoms with Crippen molar-refractivity contribution in [2.45, 2.75) is 32.5 Å². The van der Waals surface area contributed by atoms with Gasteiger partial charge in [-0.1, -0.05) is 18.1 Å². The number of ether oxygens (including phenoxy) is 3. The third kappa shape index (κ3) is 2.95. The molecule has 0 amide bonds. The zero-order valence-corrected chi connectivity index (χ0v) is 12.2. The second kappa shape index (κ2) is 5.43. The lowest BCUT2D eigenvalue weighted by Gasteiger charge is -2.29. The van der Waals surface area contributed by atoms with Gasteiger partial charge in [-0.2, -0.15) is 0 Å². The van der Waals surface area contributed by atoms with E-state index < -0.39 is 11.2 Å². The molecule has 0 saturated carbocycles. The third-order valence-corrected chi connectivity index (χ3v) is 3.76. The maximum Gasteiger partial charge on any atom is 0.334 e. The predicted molar refractivity (Wildman–Crippen MR) is 74.7 cm³/mol. The number of carbonyl (C=O) groups is 1. The van der Waals surface area contributed by atoms with Gasteiger partial charge in [-0.15, -0.1) is 6.42 Å². The summed E-state index contributed by atoms with van der Waals surface area (Å²) in [6.45, 7) is 4.95. The van der Waals surface area contributed by atoms with Gasteiger partial charge in [0.1, 0.15) is 0 Å². The Kier molecular flexibility index (Phi) is 4.03. The number of hydrogen-bond acceptors (Lipinski definition) is 4. The van der Waals surface area contributed by atoms with Crippen molar-refractivity contribution in [3.63, 3.8) is 0 Å². The summed E-state index contributed by atoms with van der Waals surface area (Å²) >= 11 is 0. The molecule has 1 aliphatic heterocycles. The van der Waals surface area contributed by atoms with Crippen LogP contribution >= 0.6 is 0 Å². The summed E-state index contributed by atoms with van der Waals surface area (Å²) in [7, 11) is 1.38. The monoisotopic (exact) mass is 276 g/mol. The van der Waals surface area contributed by atoms with Gasteiger partial charge in [0, 0.05) is 12.0 Å². The van der Waals surface area contributed by atoms with Gasteiger partial charge in [-0.3, -0.25) is 0 Å². The summed E-state index contributed by atoms with van der Waals surface area (Å²) < 4.78 is 16.1. The van der Waals surface area contributed by atoms with E-state index in [4.69, 9.17) is 20.6 Å². The summed E-state index contributed by atoms with van der Waals surface area (Å²) in [5.41, 5.74) is 1.02. The highest BCUT2D eigenvalue weighted by atomic mass is 16.7. The molecule has 4 heteroatoms. The molecule has 1 heterocycles. The third-order valence-electron chi connectivity index (χ3n) is 3.76. The lowest BCUT2D eigenvalue weighted by molar-refractivity contribution is -0.141. The van der Waals surface area contributed by atoms with E-state index in [0.717, 1.165) is 5.57 Å². The molecule has 1 atom stereocenters.